The Labute approximate surface area is 90.8 Å². The van der Waals surface area contributed by atoms with Crippen LogP contribution in [0.1, 0.15) is 0 Å². The molecule has 1 rings (SSSR count). The molecule has 0 spiro atoms. The molecule has 7 heteroatoms. The maximum atomic E-state index is 11.1. The molecule has 0 radical (unpaired) electrons. The molecule has 0 aromatic carbocycles. The van der Waals surface area contributed by atoms with Crippen LogP contribution in [-0.4, -0.2) is 29.5 Å². The van der Waals surface area contributed by atoms with Gasteiger partial charge in [0.05, 0.1) is 6.54 Å². The topological polar surface area (TPSA) is 66.9 Å². The van der Waals surface area contributed by atoms with Crippen LogP contribution in [0.15, 0.2) is 6.07 Å². The van der Waals surface area contributed by atoms with Gasteiger partial charge in [0.25, 0.3) is 0 Å². The Morgan fingerprint density at radius 2 is 2.21 bits per heavy atom. The van der Waals surface area contributed by atoms with E-state index in [1.807, 2.05) is 0 Å². The van der Waals surface area contributed by atoms with Crippen molar-refractivity contribution in [1.29, 1.82) is 0 Å². The van der Waals surface area contributed by atoms with Gasteiger partial charge in [0.15, 0.2) is 0 Å². The van der Waals surface area contributed by atoms with Gasteiger partial charge in [-0.25, -0.2) is 9.97 Å². The van der Waals surface area contributed by atoms with Gasteiger partial charge in [-0.2, -0.15) is 0 Å². The Morgan fingerprint density at radius 1 is 1.50 bits per heavy atom. The normalized spacial score (nSPS) is 9.93. The van der Waals surface area contributed by atoms with Gasteiger partial charge >= 0.3 is 0 Å². The van der Waals surface area contributed by atoms with Crippen molar-refractivity contribution in [2.24, 2.45) is 0 Å². The second-order valence-electron chi connectivity index (χ2n) is 2.42. The number of hydrogen-bond acceptors (Lipinski definition) is 4. The summed E-state index contributed by atoms with van der Waals surface area (Å²) in [6, 6.07) is 1.42. The lowest BCUT2D eigenvalue weighted by molar-refractivity contribution is -0.115. The molecule has 1 heterocycles. The van der Waals surface area contributed by atoms with E-state index < -0.39 is 0 Å². The van der Waals surface area contributed by atoms with E-state index in [0.29, 0.717) is 0 Å². The highest BCUT2D eigenvalue weighted by Gasteiger charge is 2.04. The number of rotatable bonds is 3. The van der Waals surface area contributed by atoms with Gasteiger partial charge in [-0.15, -0.1) is 0 Å². The molecule has 0 aliphatic carbocycles. The number of amides is 1. The summed E-state index contributed by atoms with van der Waals surface area (Å²) in [5.74, 6) is 0.0635. The monoisotopic (exact) mass is 234 g/mol. The molecule has 0 aliphatic rings. The van der Waals surface area contributed by atoms with E-state index in [9.17, 15) is 4.79 Å². The van der Waals surface area contributed by atoms with Crippen LogP contribution in [0.3, 0.4) is 0 Å². The molecule has 5 nitrogen and oxygen atoms in total. The van der Waals surface area contributed by atoms with E-state index in [-0.39, 0.29) is 28.7 Å². The zero-order valence-electron chi connectivity index (χ0n) is 7.34. The SMILES string of the molecule is CNCC(=O)Nc1cc(Cl)nc(Cl)n1. The van der Waals surface area contributed by atoms with Crippen LogP contribution < -0.4 is 10.6 Å². The first-order chi connectivity index (χ1) is 6.61. The van der Waals surface area contributed by atoms with Crippen molar-refractivity contribution < 1.29 is 4.79 Å². The average molecular weight is 235 g/mol. The Kier molecular flexibility index (Phi) is 4.06. The lowest BCUT2D eigenvalue weighted by Gasteiger charge is -2.03. The first kappa shape index (κ1) is 11.2. The van der Waals surface area contributed by atoms with Crippen LogP contribution >= 0.6 is 23.2 Å². The van der Waals surface area contributed by atoms with Gasteiger partial charge in [0.1, 0.15) is 11.0 Å². The quantitative estimate of drug-likeness (QED) is 0.604. The fourth-order valence-corrected chi connectivity index (χ4v) is 1.21. The number of nitrogens with zero attached hydrogens (tertiary/aromatic N) is 2. The van der Waals surface area contributed by atoms with Crippen molar-refractivity contribution in [3.8, 4) is 0 Å². The first-order valence-corrected chi connectivity index (χ1v) is 4.52. The zero-order valence-corrected chi connectivity index (χ0v) is 8.85. The maximum Gasteiger partial charge on any atom is 0.239 e. The van der Waals surface area contributed by atoms with E-state index in [1.165, 1.54) is 6.07 Å². The van der Waals surface area contributed by atoms with E-state index in [1.54, 1.807) is 7.05 Å². The van der Waals surface area contributed by atoms with Gasteiger partial charge in [-0.1, -0.05) is 11.6 Å². The van der Waals surface area contributed by atoms with Gasteiger partial charge in [0.2, 0.25) is 11.2 Å². The number of nitrogens with one attached hydrogen (secondary N) is 2. The molecule has 0 saturated heterocycles. The second-order valence-corrected chi connectivity index (χ2v) is 3.15. The Morgan fingerprint density at radius 3 is 2.79 bits per heavy atom. The van der Waals surface area contributed by atoms with Crippen molar-refractivity contribution in [3.63, 3.8) is 0 Å². The summed E-state index contributed by atoms with van der Waals surface area (Å²) in [7, 11) is 1.67. The maximum absolute atomic E-state index is 11.1. The van der Waals surface area contributed by atoms with Crippen LogP contribution in [0.5, 0.6) is 0 Å². The highest BCUT2D eigenvalue weighted by molar-refractivity contribution is 6.32. The molecule has 0 aliphatic heterocycles. The molecule has 0 atom stereocenters. The molecule has 76 valence electrons. The van der Waals surface area contributed by atoms with Crippen molar-refractivity contribution in [3.05, 3.63) is 16.5 Å². The third kappa shape index (κ3) is 3.45. The van der Waals surface area contributed by atoms with E-state index in [4.69, 9.17) is 23.2 Å². The number of anilines is 1. The smallest absolute Gasteiger partial charge is 0.239 e. The summed E-state index contributed by atoms with van der Waals surface area (Å²) < 4.78 is 0. The van der Waals surface area contributed by atoms with E-state index in [0.717, 1.165) is 0 Å². The van der Waals surface area contributed by atoms with Crippen molar-refractivity contribution in [1.82, 2.24) is 15.3 Å². The summed E-state index contributed by atoms with van der Waals surface area (Å²) in [6.45, 7) is 0.194. The zero-order chi connectivity index (χ0) is 10.6. The highest BCUT2D eigenvalue weighted by Crippen LogP contribution is 2.13. The van der Waals surface area contributed by atoms with Gasteiger partial charge in [-0.3, -0.25) is 4.79 Å². The highest BCUT2D eigenvalue weighted by atomic mass is 35.5. The Hall–Kier alpha value is -0.910. The number of hydrogen-bond donors (Lipinski definition) is 2. The van der Waals surface area contributed by atoms with Crippen molar-refractivity contribution in [2.45, 2.75) is 0 Å². The third-order valence-electron chi connectivity index (χ3n) is 1.27. The fourth-order valence-electron chi connectivity index (χ4n) is 0.802. The number of likely N-dealkylation sites (N-methyl/N-ethyl adjacent to an activating group) is 1. The van der Waals surface area contributed by atoms with Crippen LogP contribution in [0, 0.1) is 0 Å². The van der Waals surface area contributed by atoms with E-state index in [2.05, 4.69) is 20.6 Å². The minimum Gasteiger partial charge on any atom is -0.311 e. The molecule has 14 heavy (non-hydrogen) atoms. The molecule has 0 unspecified atom stereocenters. The predicted molar refractivity (Wildman–Crippen MR) is 54.6 cm³/mol. The summed E-state index contributed by atoms with van der Waals surface area (Å²) >= 11 is 11.1. The second kappa shape index (κ2) is 5.09. The van der Waals surface area contributed by atoms with E-state index >= 15 is 0 Å². The van der Waals surface area contributed by atoms with Gasteiger partial charge in [-0.05, 0) is 18.6 Å². The Balaban J connectivity index is 2.71. The average Bonchev–Trinajstić information content (AvgIpc) is 2.01. The van der Waals surface area contributed by atoms with Crippen LogP contribution in [0.25, 0.3) is 0 Å². The number of carbonyl (C=O) groups is 1. The minimum absolute atomic E-state index is 0.00254. The molecule has 2 N–H and O–H groups in total. The number of halogens is 2. The summed E-state index contributed by atoms with van der Waals surface area (Å²) in [4.78, 5) is 18.5. The number of aromatic nitrogens is 2. The van der Waals surface area contributed by atoms with Gasteiger partial charge in [0, 0.05) is 6.07 Å². The number of carbonyl (C=O) groups excluding carboxylic acids is 1. The standard InChI is InChI=1S/C7H8Cl2N4O/c1-10-3-6(14)12-5-2-4(8)11-7(9)13-5/h2,10H,3H2,1H3,(H,11,12,13,14). The fraction of sp³-hybridized carbons (Fsp3) is 0.286. The molecule has 1 amide bonds. The first-order valence-electron chi connectivity index (χ1n) is 3.76. The lowest BCUT2D eigenvalue weighted by Crippen LogP contribution is -2.25. The summed E-state index contributed by atoms with van der Waals surface area (Å²) in [5, 5.41) is 5.38. The summed E-state index contributed by atoms with van der Waals surface area (Å²) in [6.07, 6.45) is 0. The van der Waals surface area contributed by atoms with Crippen LogP contribution in [0.2, 0.25) is 10.4 Å². The molecular weight excluding hydrogens is 227 g/mol. The molecule has 0 fully saturated rings. The largest absolute Gasteiger partial charge is 0.311 e. The molecule has 0 saturated carbocycles. The van der Waals surface area contributed by atoms with Crippen LogP contribution in [0.4, 0.5) is 5.82 Å². The molecular formula is C7H8Cl2N4O. The van der Waals surface area contributed by atoms with Crippen LogP contribution in [-0.2, 0) is 4.79 Å². The third-order valence-corrected chi connectivity index (χ3v) is 1.64. The molecule has 1 aromatic heterocycles. The van der Waals surface area contributed by atoms with Crippen molar-refractivity contribution in [2.75, 3.05) is 18.9 Å². The summed E-state index contributed by atoms with van der Waals surface area (Å²) in [5.41, 5.74) is 0. The molecule has 1 aromatic rings. The Bertz CT molecular complexity index is 324. The van der Waals surface area contributed by atoms with Crippen molar-refractivity contribution >= 4 is 34.9 Å². The minimum atomic E-state index is -0.224. The van der Waals surface area contributed by atoms with Gasteiger partial charge < -0.3 is 10.6 Å². The molecule has 0 bridgehead atoms. The predicted octanol–water partition coefficient (Wildman–Crippen LogP) is 0.941. The lowest BCUT2D eigenvalue weighted by atomic mass is 10.5.